The highest BCUT2D eigenvalue weighted by Crippen LogP contribution is 2.09. The van der Waals surface area contributed by atoms with E-state index < -0.39 is 11.6 Å². The summed E-state index contributed by atoms with van der Waals surface area (Å²) in [6.07, 6.45) is 1.56. The van der Waals surface area contributed by atoms with Crippen LogP contribution < -0.4 is 5.32 Å². The summed E-state index contributed by atoms with van der Waals surface area (Å²) in [7, 11) is 1.80. The highest BCUT2D eigenvalue weighted by atomic mass is 19.2. The molecule has 0 bridgehead atoms. The van der Waals surface area contributed by atoms with Gasteiger partial charge >= 0.3 is 0 Å². The Morgan fingerprint density at radius 2 is 2.12 bits per heavy atom. The van der Waals surface area contributed by atoms with Gasteiger partial charge in [0.25, 0.3) is 0 Å². The molecule has 0 amide bonds. The Bertz CT molecular complexity index is 510. The van der Waals surface area contributed by atoms with Crippen molar-refractivity contribution in [2.75, 3.05) is 7.05 Å². The molecule has 4 nitrogen and oxygen atoms in total. The van der Waals surface area contributed by atoms with Crippen LogP contribution in [0.3, 0.4) is 0 Å². The molecule has 0 saturated heterocycles. The average Bonchev–Trinajstić information content (AvgIpc) is 2.72. The molecule has 2 rings (SSSR count). The molecule has 0 radical (unpaired) electrons. The number of benzene rings is 1. The Balaban J connectivity index is 2.11. The highest BCUT2D eigenvalue weighted by Gasteiger charge is 2.04. The maximum absolute atomic E-state index is 13.0. The first kappa shape index (κ1) is 11.7. The fourth-order valence-corrected chi connectivity index (χ4v) is 1.47. The van der Waals surface area contributed by atoms with Crippen LogP contribution in [-0.2, 0) is 13.1 Å². The predicted molar refractivity (Wildman–Crippen MR) is 58.2 cm³/mol. The average molecular weight is 238 g/mol. The van der Waals surface area contributed by atoms with Gasteiger partial charge in [0.15, 0.2) is 17.5 Å². The lowest BCUT2D eigenvalue weighted by Gasteiger charge is -2.01. The van der Waals surface area contributed by atoms with Gasteiger partial charge in [-0.15, -0.1) is 0 Å². The second-order valence-corrected chi connectivity index (χ2v) is 3.64. The molecular formula is C11H12F2N4. The van der Waals surface area contributed by atoms with E-state index in [9.17, 15) is 8.78 Å². The van der Waals surface area contributed by atoms with Gasteiger partial charge in [-0.2, -0.15) is 5.10 Å². The quantitative estimate of drug-likeness (QED) is 0.873. The van der Waals surface area contributed by atoms with Gasteiger partial charge in [0.05, 0.1) is 13.1 Å². The van der Waals surface area contributed by atoms with Crippen LogP contribution in [0.2, 0.25) is 0 Å². The minimum atomic E-state index is -0.849. The van der Waals surface area contributed by atoms with Crippen LogP contribution in [0, 0.1) is 11.6 Å². The third kappa shape index (κ3) is 2.85. The SMILES string of the molecule is CNCc1ncn(Cc2ccc(F)c(F)c2)n1. The molecule has 0 saturated carbocycles. The van der Waals surface area contributed by atoms with Crippen LogP contribution in [0.1, 0.15) is 11.4 Å². The van der Waals surface area contributed by atoms with Crippen molar-refractivity contribution in [2.45, 2.75) is 13.1 Å². The van der Waals surface area contributed by atoms with Crippen LogP contribution in [0.4, 0.5) is 8.78 Å². The molecule has 0 unspecified atom stereocenters. The molecule has 90 valence electrons. The Morgan fingerprint density at radius 1 is 1.29 bits per heavy atom. The van der Waals surface area contributed by atoms with E-state index in [2.05, 4.69) is 15.4 Å². The van der Waals surface area contributed by atoms with Gasteiger partial charge in [-0.3, -0.25) is 0 Å². The first-order valence-electron chi connectivity index (χ1n) is 5.16. The normalized spacial score (nSPS) is 10.8. The van der Waals surface area contributed by atoms with E-state index in [1.807, 2.05) is 0 Å². The van der Waals surface area contributed by atoms with E-state index in [0.717, 1.165) is 12.1 Å². The number of hydrogen-bond acceptors (Lipinski definition) is 3. The summed E-state index contributed by atoms with van der Waals surface area (Å²) in [5.74, 6) is -1.03. The minimum Gasteiger partial charge on any atom is -0.313 e. The smallest absolute Gasteiger partial charge is 0.164 e. The van der Waals surface area contributed by atoms with Crippen LogP contribution in [-0.4, -0.2) is 21.8 Å². The van der Waals surface area contributed by atoms with E-state index in [-0.39, 0.29) is 0 Å². The molecule has 0 aliphatic rings. The Labute approximate surface area is 97.3 Å². The second kappa shape index (κ2) is 5.01. The Morgan fingerprint density at radius 3 is 2.82 bits per heavy atom. The summed E-state index contributed by atoms with van der Waals surface area (Å²) >= 11 is 0. The molecule has 0 spiro atoms. The molecular weight excluding hydrogens is 226 g/mol. The van der Waals surface area contributed by atoms with Crippen molar-refractivity contribution in [1.29, 1.82) is 0 Å². The zero-order valence-corrected chi connectivity index (χ0v) is 9.32. The van der Waals surface area contributed by atoms with Gasteiger partial charge in [-0.25, -0.2) is 18.4 Å². The van der Waals surface area contributed by atoms with Crippen LogP contribution in [0.15, 0.2) is 24.5 Å². The van der Waals surface area contributed by atoms with Crippen molar-refractivity contribution < 1.29 is 8.78 Å². The molecule has 1 aromatic carbocycles. The molecule has 0 fully saturated rings. The Hall–Kier alpha value is -1.82. The van der Waals surface area contributed by atoms with Gasteiger partial charge in [-0.05, 0) is 24.7 Å². The molecule has 6 heteroatoms. The van der Waals surface area contributed by atoms with Gasteiger partial charge in [0.1, 0.15) is 6.33 Å². The zero-order chi connectivity index (χ0) is 12.3. The molecule has 0 aliphatic heterocycles. The molecule has 1 aromatic heterocycles. The van der Waals surface area contributed by atoms with E-state index in [1.165, 1.54) is 6.07 Å². The summed E-state index contributed by atoms with van der Waals surface area (Å²) in [6, 6.07) is 3.79. The van der Waals surface area contributed by atoms with E-state index in [0.29, 0.717) is 24.5 Å². The van der Waals surface area contributed by atoms with Crippen molar-refractivity contribution in [1.82, 2.24) is 20.1 Å². The van der Waals surface area contributed by atoms with Crippen LogP contribution >= 0.6 is 0 Å². The molecule has 0 aliphatic carbocycles. The maximum Gasteiger partial charge on any atom is 0.164 e. The predicted octanol–water partition coefficient (Wildman–Crippen LogP) is 1.32. The van der Waals surface area contributed by atoms with E-state index in [4.69, 9.17) is 0 Å². The van der Waals surface area contributed by atoms with Crippen LogP contribution in [0.25, 0.3) is 0 Å². The number of rotatable bonds is 4. The van der Waals surface area contributed by atoms with Crippen molar-refractivity contribution >= 4 is 0 Å². The summed E-state index contributed by atoms with van der Waals surface area (Å²) in [5, 5.41) is 7.10. The van der Waals surface area contributed by atoms with Gasteiger partial charge < -0.3 is 5.32 Å². The van der Waals surface area contributed by atoms with Crippen molar-refractivity contribution in [2.24, 2.45) is 0 Å². The first-order chi connectivity index (χ1) is 8.19. The lowest BCUT2D eigenvalue weighted by atomic mass is 10.2. The lowest BCUT2D eigenvalue weighted by Crippen LogP contribution is -2.08. The standard InChI is InChI=1S/C11H12F2N4/c1-14-5-11-15-7-17(16-11)6-8-2-3-9(12)10(13)4-8/h2-4,7,14H,5-6H2,1H3. The Kier molecular flexibility index (Phi) is 3.43. The lowest BCUT2D eigenvalue weighted by molar-refractivity contribution is 0.505. The number of halogens is 2. The number of nitrogens with zero attached hydrogens (tertiary/aromatic N) is 3. The van der Waals surface area contributed by atoms with Gasteiger partial charge in [0, 0.05) is 0 Å². The monoisotopic (exact) mass is 238 g/mol. The number of nitrogens with one attached hydrogen (secondary N) is 1. The number of hydrogen-bond donors (Lipinski definition) is 1. The minimum absolute atomic E-state index is 0.369. The summed E-state index contributed by atoms with van der Waals surface area (Å²) in [6.45, 7) is 0.943. The fourth-order valence-electron chi connectivity index (χ4n) is 1.47. The van der Waals surface area contributed by atoms with E-state index in [1.54, 1.807) is 18.1 Å². The molecule has 17 heavy (non-hydrogen) atoms. The third-order valence-corrected chi connectivity index (χ3v) is 2.25. The second-order valence-electron chi connectivity index (χ2n) is 3.64. The molecule has 2 aromatic rings. The highest BCUT2D eigenvalue weighted by molar-refractivity contribution is 5.17. The summed E-state index contributed by atoms with van der Waals surface area (Å²) < 4.78 is 27.3. The molecule has 0 atom stereocenters. The van der Waals surface area contributed by atoms with E-state index >= 15 is 0 Å². The summed E-state index contributed by atoms with van der Waals surface area (Å²) in [4.78, 5) is 4.06. The van der Waals surface area contributed by atoms with Crippen molar-refractivity contribution in [3.63, 3.8) is 0 Å². The molecule has 1 heterocycles. The topological polar surface area (TPSA) is 42.7 Å². The molecule has 1 N–H and O–H groups in total. The largest absolute Gasteiger partial charge is 0.313 e. The van der Waals surface area contributed by atoms with Crippen LogP contribution in [0.5, 0.6) is 0 Å². The van der Waals surface area contributed by atoms with Gasteiger partial charge in [0.2, 0.25) is 0 Å². The zero-order valence-electron chi connectivity index (χ0n) is 9.32. The summed E-state index contributed by atoms with van der Waals surface area (Å²) in [5.41, 5.74) is 0.643. The first-order valence-corrected chi connectivity index (χ1v) is 5.16. The van der Waals surface area contributed by atoms with Crippen molar-refractivity contribution in [3.8, 4) is 0 Å². The van der Waals surface area contributed by atoms with Gasteiger partial charge in [-0.1, -0.05) is 6.07 Å². The third-order valence-electron chi connectivity index (χ3n) is 2.25. The number of aromatic nitrogens is 3. The maximum atomic E-state index is 13.0. The van der Waals surface area contributed by atoms with Crippen molar-refractivity contribution in [3.05, 3.63) is 47.5 Å². The fraction of sp³-hybridized carbons (Fsp3) is 0.273.